The van der Waals surface area contributed by atoms with E-state index in [1.165, 1.54) is 11.8 Å². The van der Waals surface area contributed by atoms with Gasteiger partial charge in [0.05, 0.1) is 18.3 Å². The minimum atomic E-state index is -0.258. The number of rotatable bonds is 4. The standard InChI is InChI=1S/C19H21ClN2O2/c1-19(2,3)15-8-6-14(7-9-15)18(23)22-21-12-13-5-10-17(24-4)16(20)11-13/h5-12H,1-4H3,(H,22,23). The number of benzene rings is 2. The summed E-state index contributed by atoms with van der Waals surface area (Å²) in [6, 6.07) is 12.8. The molecule has 0 atom stereocenters. The molecule has 0 aromatic heterocycles. The fraction of sp³-hybridized carbons (Fsp3) is 0.263. The second-order valence-corrected chi connectivity index (χ2v) is 6.83. The van der Waals surface area contributed by atoms with Gasteiger partial charge in [0.1, 0.15) is 5.75 Å². The van der Waals surface area contributed by atoms with Gasteiger partial charge in [0.15, 0.2) is 0 Å². The summed E-state index contributed by atoms with van der Waals surface area (Å²) in [6.07, 6.45) is 1.53. The first-order valence-electron chi connectivity index (χ1n) is 7.59. The van der Waals surface area contributed by atoms with Crippen LogP contribution in [0.15, 0.2) is 47.6 Å². The van der Waals surface area contributed by atoms with Crippen molar-refractivity contribution in [2.45, 2.75) is 26.2 Å². The fourth-order valence-electron chi connectivity index (χ4n) is 2.11. The van der Waals surface area contributed by atoms with Crippen LogP contribution in [0.1, 0.15) is 42.3 Å². The molecule has 24 heavy (non-hydrogen) atoms. The van der Waals surface area contributed by atoms with E-state index >= 15 is 0 Å². The molecular weight excluding hydrogens is 324 g/mol. The van der Waals surface area contributed by atoms with Crippen molar-refractivity contribution in [1.82, 2.24) is 5.43 Å². The molecule has 2 aromatic carbocycles. The number of halogens is 1. The lowest BCUT2D eigenvalue weighted by molar-refractivity contribution is 0.0955. The van der Waals surface area contributed by atoms with Crippen molar-refractivity contribution in [2.24, 2.45) is 5.10 Å². The van der Waals surface area contributed by atoms with Crippen LogP contribution in [0.3, 0.4) is 0 Å². The molecular formula is C19H21ClN2O2. The zero-order valence-corrected chi connectivity index (χ0v) is 15.0. The SMILES string of the molecule is COc1ccc(C=NNC(=O)c2ccc(C(C)(C)C)cc2)cc1Cl. The largest absolute Gasteiger partial charge is 0.495 e. The van der Waals surface area contributed by atoms with Gasteiger partial charge in [-0.1, -0.05) is 44.5 Å². The molecule has 0 saturated carbocycles. The maximum atomic E-state index is 12.1. The molecule has 4 nitrogen and oxygen atoms in total. The summed E-state index contributed by atoms with van der Waals surface area (Å²) in [7, 11) is 1.56. The van der Waals surface area contributed by atoms with Crippen molar-refractivity contribution in [3.63, 3.8) is 0 Å². The van der Waals surface area contributed by atoms with Crippen LogP contribution >= 0.6 is 11.6 Å². The van der Waals surface area contributed by atoms with Crippen molar-refractivity contribution < 1.29 is 9.53 Å². The zero-order valence-electron chi connectivity index (χ0n) is 14.3. The number of carbonyl (C=O) groups is 1. The average molecular weight is 345 g/mol. The van der Waals surface area contributed by atoms with E-state index in [9.17, 15) is 4.79 Å². The summed E-state index contributed by atoms with van der Waals surface area (Å²) >= 11 is 6.04. The van der Waals surface area contributed by atoms with Gasteiger partial charge in [0, 0.05) is 5.56 Å². The van der Waals surface area contributed by atoms with Gasteiger partial charge >= 0.3 is 0 Å². The lowest BCUT2D eigenvalue weighted by atomic mass is 9.87. The number of amides is 1. The molecule has 0 aliphatic rings. The number of hydrazone groups is 1. The Morgan fingerprint density at radius 3 is 2.38 bits per heavy atom. The summed E-state index contributed by atoms with van der Waals surface area (Å²) in [6.45, 7) is 6.39. The molecule has 0 aliphatic heterocycles. The van der Waals surface area contributed by atoms with Crippen LogP contribution in [0.25, 0.3) is 0 Å². The predicted molar refractivity (Wildman–Crippen MR) is 98.2 cm³/mol. The smallest absolute Gasteiger partial charge is 0.271 e. The van der Waals surface area contributed by atoms with Gasteiger partial charge in [0.2, 0.25) is 0 Å². The monoisotopic (exact) mass is 344 g/mol. The quantitative estimate of drug-likeness (QED) is 0.659. The van der Waals surface area contributed by atoms with Crippen LogP contribution in [0, 0.1) is 0 Å². The first kappa shape index (κ1) is 18.0. The van der Waals surface area contributed by atoms with E-state index < -0.39 is 0 Å². The third-order valence-electron chi connectivity index (χ3n) is 3.57. The molecule has 0 heterocycles. The normalized spacial score (nSPS) is 11.5. The van der Waals surface area contributed by atoms with Gasteiger partial charge < -0.3 is 4.74 Å². The van der Waals surface area contributed by atoms with Gasteiger partial charge in [-0.05, 0) is 46.9 Å². The Bertz CT molecular complexity index is 747. The van der Waals surface area contributed by atoms with Crippen LogP contribution in [-0.2, 0) is 5.41 Å². The number of carbonyl (C=O) groups excluding carboxylic acids is 1. The average Bonchev–Trinajstić information content (AvgIpc) is 2.54. The summed E-state index contributed by atoms with van der Waals surface area (Å²) < 4.78 is 5.09. The number of ether oxygens (including phenoxy) is 1. The highest BCUT2D eigenvalue weighted by molar-refractivity contribution is 6.32. The molecule has 1 N–H and O–H groups in total. The first-order valence-corrected chi connectivity index (χ1v) is 7.96. The van der Waals surface area contributed by atoms with E-state index in [-0.39, 0.29) is 11.3 Å². The summed E-state index contributed by atoms with van der Waals surface area (Å²) in [5, 5.41) is 4.45. The molecule has 0 unspecified atom stereocenters. The fourth-order valence-corrected chi connectivity index (χ4v) is 2.38. The maximum absolute atomic E-state index is 12.1. The molecule has 5 heteroatoms. The van der Waals surface area contributed by atoms with Crippen LogP contribution in [0.4, 0.5) is 0 Å². The second-order valence-electron chi connectivity index (χ2n) is 6.42. The van der Waals surface area contributed by atoms with Crippen molar-refractivity contribution in [3.05, 3.63) is 64.2 Å². The summed E-state index contributed by atoms with van der Waals surface area (Å²) in [4.78, 5) is 12.1. The molecule has 2 rings (SSSR count). The molecule has 0 fully saturated rings. The molecule has 0 bridgehead atoms. The van der Waals surface area contributed by atoms with Crippen molar-refractivity contribution in [3.8, 4) is 5.75 Å². The zero-order chi connectivity index (χ0) is 17.7. The number of nitrogens with one attached hydrogen (secondary N) is 1. The van der Waals surface area contributed by atoms with Gasteiger partial charge in [-0.3, -0.25) is 4.79 Å². The van der Waals surface area contributed by atoms with E-state index in [0.717, 1.165) is 5.56 Å². The summed E-state index contributed by atoms with van der Waals surface area (Å²) in [5.74, 6) is 0.336. The first-order chi connectivity index (χ1) is 11.3. The predicted octanol–water partition coefficient (Wildman–Crippen LogP) is 4.41. The Hall–Kier alpha value is -2.33. The highest BCUT2D eigenvalue weighted by Crippen LogP contribution is 2.24. The van der Waals surface area contributed by atoms with Crippen LogP contribution in [0.2, 0.25) is 5.02 Å². The van der Waals surface area contributed by atoms with Gasteiger partial charge in [-0.25, -0.2) is 5.43 Å². The van der Waals surface area contributed by atoms with E-state index in [1.54, 1.807) is 37.4 Å². The Kier molecular flexibility index (Phi) is 5.62. The van der Waals surface area contributed by atoms with Crippen molar-refractivity contribution in [1.29, 1.82) is 0 Å². The number of hydrogen-bond acceptors (Lipinski definition) is 3. The minimum absolute atomic E-state index is 0.0563. The number of hydrogen-bond donors (Lipinski definition) is 1. The Labute approximate surface area is 147 Å². The van der Waals surface area contributed by atoms with E-state index in [2.05, 4.69) is 31.3 Å². The molecule has 0 spiro atoms. The Morgan fingerprint density at radius 2 is 1.83 bits per heavy atom. The van der Waals surface area contributed by atoms with Crippen molar-refractivity contribution in [2.75, 3.05) is 7.11 Å². The van der Waals surface area contributed by atoms with E-state index in [0.29, 0.717) is 16.3 Å². The van der Waals surface area contributed by atoms with Gasteiger partial charge in [-0.15, -0.1) is 0 Å². The molecule has 126 valence electrons. The Morgan fingerprint density at radius 1 is 1.17 bits per heavy atom. The van der Waals surface area contributed by atoms with Crippen LogP contribution < -0.4 is 10.2 Å². The molecule has 2 aromatic rings. The third kappa shape index (κ3) is 4.59. The number of nitrogens with zero attached hydrogens (tertiary/aromatic N) is 1. The van der Waals surface area contributed by atoms with Crippen molar-refractivity contribution >= 4 is 23.7 Å². The molecule has 0 saturated heterocycles. The van der Waals surface area contributed by atoms with Gasteiger partial charge in [0.25, 0.3) is 5.91 Å². The highest BCUT2D eigenvalue weighted by atomic mass is 35.5. The lowest BCUT2D eigenvalue weighted by Crippen LogP contribution is -2.18. The highest BCUT2D eigenvalue weighted by Gasteiger charge is 2.14. The topological polar surface area (TPSA) is 50.7 Å². The Balaban J connectivity index is 2.01. The lowest BCUT2D eigenvalue weighted by Gasteiger charge is -2.18. The molecule has 0 radical (unpaired) electrons. The maximum Gasteiger partial charge on any atom is 0.271 e. The minimum Gasteiger partial charge on any atom is -0.495 e. The summed E-state index contributed by atoms with van der Waals surface area (Å²) in [5.41, 5.74) is 5.07. The molecule has 1 amide bonds. The number of methoxy groups -OCH3 is 1. The van der Waals surface area contributed by atoms with E-state index in [4.69, 9.17) is 16.3 Å². The van der Waals surface area contributed by atoms with Crippen LogP contribution in [-0.4, -0.2) is 19.2 Å². The van der Waals surface area contributed by atoms with E-state index in [1.807, 2.05) is 12.1 Å². The van der Waals surface area contributed by atoms with Gasteiger partial charge in [-0.2, -0.15) is 5.10 Å². The van der Waals surface area contributed by atoms with Crippen LogP contribution in [0.5, 0.6) is 5.75 Å². The third-order valence-corrected chi connectivity index (χ3v) is 3.86. The second kappa shape index (κ2) is 7.49. The molecule has 0 aliphatic carbocycles.